The van der Waals surface area contributed by atoms with Crippen LogP contribution in [0.25, 0.3) is 0 Å². The lowest BCUT2D eigenvalue weighted by atomic mass is 10.1. The molecule has 3 aromatic rings. The molecule has 2 aromatic carbocycles. The molecule has 2 fully saturated rings. The molecule has 0 atom stereocenters. The van der Waals surface area contributed by atoms with Gasteiger partial charge in [0.15, 0.2) is 5.82 Å². The van der Waals surface area contributed by atoms with Crippen LogP contribution in [0.5, 0.6) is 5.75 Å². The SMILES string of the molecule is COc1ccccc1N1CCN(C(=O)c2ccc(S(=O)(=O)n3cnc(C4CCCC4)n3)cc2)CC1. The van der Waals surface area contributed by atoms with Crippen molar-refractivity contribution < 1.29 is 17.9 Å². The predicted molar refractivity (Wildman–Crippen MR) is 131 cm³/mol. The minimum absolute atomic E-state index is 0.0814. The maximum absolute atomic E-state index is 13.1. The van der Waals surface area contributed by atoms with Crippen molar-refractivity contribution in [2.75, 3.05) is 38.2 Å². The normalized spacial score (nSPS) is 17.1. The summed E-state index contributed by atoms with van der Waals surface area (Å²) in [5.41, 5.74) is 1.47. The Bertz CT molecular complexity index is 1290. The van der Waals surface area contributed by atoms with Gasteiger partial charge in [0.1, 0.15) is 12.1 Å². The lowest BCUT2D eigenvalue weighted by molar-refractivity contribution is 0.0746. The molecule has 9 nitrogen and oxygen atoms in total. The molecule has 184 valence electrons. The van der Waals surface area contributed by atoms with Crippen LogP contribution < -0.4 is 9.64 Å². The number of rotatable bonds is 6. The Labute approximate surface area is 205 Å². The third-order valence-corrected chi connectivity index (χ3v) is 8.38. The van der Waals surface area contributed by atoms with Gasteiger partial charge in [-0.15, -0.1) is 9.19 Å². The number of aromatic nitrogens is 3. The van der Waals surface area contributed by atoms with Gasteiger partial charge in [0.05, 0.1) is 17.7 Å². The number of para-hydroxylation sites is 2. The minimum Gasteiger partial charge on any atom is -0.495 e. The molecule has 0 radical (unpaired) electrons. The minimum atomic E-state index is -3.86. The second kappa shape index (κ2) is 9.69. The second-order valence-electron chi connectivity index (χ2n) is 8.94. The van der Waals surface area contributed by atoms with Crippen molar-refractivity contribution in [1.29, 1.82) is 0 Å². The Kier molecular flexibility index (Phi) is 6.46. The van der Waals surface area contributed by atoms with E-state index in [0.717, 1.165) is 41.2 Å². The molecule has 1 aliphatic heterocycles. The van der Waals surface area contributed by atoms with Crippen molar-refractivity contribution in [3.8, 4) is 5.75 Å². The van der Waals surface area contributed by atoms with Crippen LogP contribution in [0.15, 0.2) is 59.8 Å². The van der Waals surface area contributed by atoms with Crippen molar-refractivity contribution in [2.24, 2.45) is 0 Å². The van der Waals surface area contributed by atoms with Gasteiger partial charge >= 0.3 is 0 Å². The number of anilines is 1. The van der Waals surface area contributed by atoms with Gasteiger partial charge in [0.25, 0.3) is 15.9 Å². The Balaban J connectivity index is 1.24. The first kappa shape index (κ1) is 23.3. The highest BCUT2D eigenvalue weighted by atomic mass is 32.2. The van der Waals surface area contributed by atoms with Crippen LogP contribution in [0.2, 0.25) is 0 Å². The monoisotopic (exact) mass is 495 g/mol. The number of benzene rings is 2. The molecule has 5 rings (SSSR count). The number of nitrogens with zero attached hydrogens (tertiary/aromatic N) is 5. The summed E-state index contributed by atoms with van der Waals surface area (Å²) in [7, 11) is -2.21. The van der Waals surface area contributed by atoms with Crippen LogP contribution in [0, 0.1) is 0 Å². The molecule has 2 heterocycles. The predicted octanol–water partition coefficient (Wildman–Crippen LogP) is 3.14. The van der Waals surface area contributed by atoms with E-state index in [1.165, 1.54) is 18.5 Å². The zero-order valence-electron chi connectivity index (χ0n) is 19.7. The Hall–Kier alpha value is -3.40. The van der Waals surface area contributed by atoms with Crippen LogP contribution in [-0.4, -0.2) is 66.7 Å². The van der Waals surface area contributed by atoms with E-state index in [1.54, 1.807) is 24.1 Å². The molecule has 0 spiro atoms. The fourth-order valence-electron chi connectivity index (χ4n) is 4.85. The topological polar surface area (TPSA) is 97.6 Å². The van der Waals surface area contributed by atoms with E-state index in [-0.39, 0.29) is 16.7 Å². The van der Waals surface area contributed by atoms with Gasteiger partial charge in [0.2, 0.25) is 0 Å². The first-order valence-electron chi connectivity index (χ1n) is 11.9. The summed E-state index contributed by atoms with van der Waals surface area (Å²) in [5.74, 6) is 1.52. The van der Waals surface area contributed by atoms with Gasteiger partial charge in [-0.1, -0.05) is 25.0 Å². The summed E-state index contributed by atoms with van der Waals surface area (Å²) in [4.78, 5) is 21.4. The van der Waals surface area contributed by atoms with E-state index in [4.69, 9.17) is 4.74 Å². The van der Waals surface area contributed by atoms with Crippen molar-refractivity contribution in [3.63, 3.8) is 0 Å². The molecule has 1 saturated carbocycles. The van der Waals surface area contributed by atoms with E-state index in [0.29, 0.717) is 37.6 Å². The largest absolute Gasteiger partial charge is 0.495 e. The fraction of sp³-hybridized carbons (Fsp3) is 0.400. The number of piperazine rings is 1. The van der Waals surface area contributed by atoms with Crippen LogP contribution in [0.4, 0.5) is 5.69 Å². The van der Waals surface area contributed by atoms with Gasteiger partial charge in [-0.05, 0) is 49.2 Å². The van der Waals surface area contributed by atoms with Gasteiger partial charge in [-0.3, -0.25) is 4.79 Å². The summed E-state index contributed by atoms with van der Waals surface area (Å²) in [6.45, 7) is 2.52. The molecule has 1 amide bonds. The molecule has 0 unspecified atom stereocenters. The van der Waals surface area contributed by atoms with Crippen molar-refractivity contribution in [3.05, 3.63) is 66.2 Å². The standard InChI is InChI=1S/C25H29N5O4S/c1-34-23-9-5-4-8-22(23)28-14-16-29(17-15-28)25(31)20-10-12-21(13-11-20)35(32,33)30-18-26-24(27-30)19-6-2-3-7-19/h4-5,8-13,18-19H,2-3,6-7,14-17H2,1H3. The van der Waals surface area contributed by atoms with Crippen LogP contribution >= 0.6 is 0 Å². The van der Waals surface area contributed by atoms with Gasteiger partial charge in [-0.2, -0.15) is 8.42 Å². The van der Waals surface area contributed by atoms with E-state index < -0.39 is 10.0 Å². The third kappa shape index (κ3) is 4.62. The molecular formula is C25H29N5O4S. The summed E-state index contributed by atoms with van der Waals surface area (Å²) in [5, 5.41) is 4.24. The molecule has 0 bridgehead atoms. The first-order valence-corrected chi connectivity index (χ1v) is 13.4. The van der Waals surface area contributed by atoms with Gasteiger partial charge < -0.3 is 14.5 Å². The molecule has 2 aliphatic rings. The first-order chi connectivity index (χ1) is 17.0. The number of ether oxygens (including phenoxy) is 1. The van der Waals surface area contributed by atoms with Crippen LogP contribution in [-0.2, 0) is 10.0 Å². The number of hydrogen-bond acceptors (Lipinski definition) is 7. The Morgan fingerprint density at radius 2 is 1.66 bits per heavy atom. The highest BCUT2D eigenvalue weighted by Gasteiger charge is 2.26. The zero-order chi connectivity index (χ0) is 24.4. The smallest absolute Gasteiger partial charge is 0.284 e. The van der Waals surface area contributed by atoms with E-state index in [9.17, 15) is 13.2 Å². The van der Waals surface area contributed by atoms with Gasteiger partial charge in [0, 0.05) is 37.7 Å². The van der Waals surface area contributed by atoms with Crippen molar-refractivity contribution in [2.45, 2.75) is 36.5 Å². The lowest BCUT2D eigenvalue weighted by Gasteiger charge is -2.36. The van der Waals surface area contributed by atoms with Gasteiger partial charge in [-0.25, -0.2) is 4.98 Å². The number of carbonyl (C=O) groups is 1. The second-order valence-corrected chi connectivity index (χ2v) is 10.7. The fourth-order valence-corrected chi connectivity index (χ4v) is 5.91. The number of carbonyl (C=O) groups excluding carboxylic acids is 1. The van der Waals surface area contributed by atoms with Crippen LogP contribution in [0.1, 0.15) is 47.8 Å². The van der Waals surface area contributed by atoms with Crippen molar-refractivity contribution >= 4 is 21.6 Å². The maximum Gasteiger partial charge on any atom is 0.284 e. The van der Waals surface area contributed by atoms with E-state index >= 15 is 0 Å². The third-order valence-electron chi connectivity index (χ3n) is 6.85. The molecule has 1 aromatic heterocycles. The lowest BCUT2D eigenvalue weighted by Crippen LogP contribution is -2.48. The van der Waals surface area contributed by atoms with E-state index in [1.807, 2.05) is 24.3 Å². The summed E-state index contributed by atoms with van der Waals surface area (Å²) in [6.07, 6.45) is 5.50. The number of methoxy groups -OCH3 is 1. The maximum atomic E-state index is 13.1. The molecule has 0 N–H and O–H groups in total. The highest BCUT2D eigenvalue weighted by Crippen LogP contribution is 2.32. The summed E-state index contributed by atoms with van der Waals surface area (Å²) in [6, 6.07) is 13.9. The Morgan fingerprint density at radius 3 is 2.34 bits per heavy atom. The molecule has 1 saturated heterocycles. The van der Waals surface area contributed by atoms with Crippen LogP contribution in [0.3, 0.4) is 0 Å². The Morgan fingerprint density at radius 1 is 0.971 bits per heavy atom. The average Bonchev–Trinajstić information content (AvgIpc) is 3.61. The van der Waals surface area contributed by atoms with Crippen molar-refractivity contribution in [1.82, 2.24) is 19.1 Å². The summed E-state index contributed by atoms with van der Waals surface area (Å²) >= 11 is 0. The molecule has 1 aliphatic carbocycles. The zero-order valence-corrected chi connectivity index (χ0v) is 20.5. The number of hydrogen-bond donors (Lipinski definition) is 0. The average molecular weight is 496 g/mol. The molecule has 10 heteroatoms. The quantitative estimate of drug-likeness (QED) is 0.518. The number of amides is 1. The molecule has 35 heavy (non-hydrogen) atoms. The molecular weight excluding hydrogens is 466 g/mol. The summed E-state index contributed by atoms with van der Waals surface area (Å²) < 4.78 is 32.4. The highest BCUT2D eigenvalue weighted by molar-refractivity contribution is 7.89. The van der Waals surface area contributed by atoms with E-state index in [2.05, 4.69) is 15.0 Å².